The van der Waals surface area contributed by atoms with Crippen LogP contribution in [-0.4, -0.2) is 41.8 Å². The summed E-state index contributed by atoms with van der Waals surface area (Å²) >= 11 is 1.37. The largest absolute Gasteiger partial charge is 0.454 e. The van der Waals surface area contributed by atoms with Gasteiger partial charge in [0, 0.05) is 11.4 Å². The monoisotopic (exact) mass is 446 g/mol. The van der Waals surface area contributed by atoms with Crippen LogP contribution in [-0.2, 0) is 17.7 Å². The van der Waals surface area contributed by atoms with Crippen LogP contribution in [0.25, 0.3) is 0 Å². The van der Waals surface area contributed by atoms with Crippen LogP contribution in [0.4, 0.5) is 15.5 Å². The first-order valence-corrected chi connectivity index (χ1v) is 10.5. The number of carbonyl (C=O) groups excluding carboxylic acids is 2. The van der Waals surface area contributed by atoms with E-state index in [0.29, 0.717) is 48.2 Å². The molecule has 0 radical (unpaired) electrons. The van der Waals surface area contributed by atoms with Gasteiger partial charge < -0.3 is 29.7 Å². The Morgan fingerprint density at radius 3 is 2.87 bits per heavy atom. The number of benzene rings is 1. The number of nitro groups is 1. The summed E-state index contributed by atoms with van der Waals surface area (Å²) in [5.74, 6) is 0.370. The number of thiophene rings is 1. The molecule has 2 amide bonds. The number of amides is 2. The lowest BCUT2D eigenvalue weighted by molar-refractivity contribution is -0.385. The molecule has 1 unspecified atom stereocenters. The number of nitrogens with zero attached hydrogens (tertiary/aromatic N) is 2. The highest BCUT2D eigenvalue weighted by Crippen LogP contribution is 2.44. The van der Waals surface area contributed by atoms with E-state index in [1.54, 1.807) is 11.8 Å². The molecule has 3 aliphatic heterocycles. The normalized spacial score (nSPS) is 18.5. The minimum absolute atomic E-state index is 0.0147. The van der Waals surface area contributed by atoms with Gasteiger partial charge in [-0.05, 0) is 25.0 Å². The van der Waals surface area contributed by atoms with Crippen molar-refractivity contribution in [3.63, 3.8) is 0 Å². The van der Waals surface area contributed by atoms with Gasteiger partial charge >= 0.3 is 6.09 Å². The fraction of sp³-hybridized carbons (Fsp3) is 0.368. The van der Waals surface area contributed by atoms with Crippen LogP contribution in [0, 0.1) is 10.1 Å². The Morgan fingerprint density at radius 2 is 2.13 bits per heavy atom. The zero-order valence-electron chi connectivity index (χ0n) is 16.4. The van der Waals surface area contributed by atoms with Gasteiger partial charge in [0.25, 0.3) is 11.6 Å². The molecule has 0 saturated heterocycles. The number of fused-ring (bicyclic) bond motifs is 4. The number of ether oxygens (including phenoxy) is 3. The maximum Gasteiger partial charge on any atom is 0.410 e. The van der Waals surface area contributed by atoms with Gasteiger partial charge in [-0.1, -0.05) is 0 Å². The molecule has 11 nitrogen and oxygen atoms in total. The molecule has 3 aliphatic rings. The molecule has 1 aromatic heterocycles. The molecule has 1 aromatic carbocycles. The summed E-state index contributed by atoms with van der Waals surface area (Å²) in [6.45, 7) is 2.85. The minimum atomic E-state index is -0.809. The topological polar surface area (TPSA) is 132 Å². The van der Waals surface area contributed by atoms with Gasteiger partial charge in [-0.15, -0.1) is 11.3 Å². The summed E-state index contributed by atoms with van der Waals surface area (Å²) in [7, 11) is 0. The molecule has 5 rings (SSSR count). The Labute approximate surface area is 180 Å². The van der Waals surface area contributed by atoms with Crippen LogP contribution in [0.15, 0.2) is 12.1 Å². The molecular weight excluding hydrogens is 428 g/mol. The second-order valence-corrected chi connectivity index (χ2v) is 8.26. The van der Waals surface area contributed by atoms with Crippen molar-refractivity contribution in [2.75, 3.05) is 25.3 Å². The Balaban J connectivity index is 1.47. The van der Waals surface area contributed by atoms with Crippen LogP contribution in [0.1, 0.15) is 39.5 Å². The molecule has 0 bridgehead atoms. The smallest absolute Gasteiger partial charge is 0.410 e. The third kappa shape index (κ3) is 3.19. The fourth-order valence-corrected chi connectivity index (χ4v) is 5.27. The summed E-state index contributed by atoms with van der Waals surface area (Å²) in [6.07, 6.45) is -0.661. The first-order valence-electron chi connectivity index (χ1n) is 9.67. The van der Waals surface area contributed by atoms with E-state index in [4.69, 9.17) is 14.2 Å². The number of rotatable bonds is 3. The van der Waals surface area contributed by atoms with Gasteiger partial charge in [0.2, 0.25) is 6.79 Å². The van der Waals surface area contributed by atoms with Crippen LogP contribution in [0.3, 0.4) is 0 Å². The van der Waals surface area contributed by atoms with E-state index < -0.39 is 11.1 Å². The predicted octanol–water partition coefficient (Wildman–Crippen LogP) is 2.75. The molecule has 2 N–H and O–H groups in total. The zero-order valence-corrected chi connectivity index (χ0v) is 17.2. The van der Waals surface area contributed by atoms with Gasteiger partial charge in [0.05, 0.1) is 35.3 Å². The van der Waals surface area contributed by atoms with Crippen LogP contribution in [0.2, 0.25) is 0 Å². The lowest BCUT2D eigenvalue weighted by Gasteiger charge is -2.28. The van der Waals surface area contributed by atoms with Gasteiger partial charge in [0.15, 0.2) is 11.5 Å². The lowest BCUT2D eigenvalue weighted by atomic mass is 10.00. The first kappa shape index (κ1) is 19.4. The second kappa shape index (κ2) is 7.30. The Morgan fingerprint density at radius 1 is 1.35 bits per heavy atom. The average Bonchev–Trinajstić information content (AvgIpc) is 3.35. The maximum absolute atomic E-state index is 13.0. The molecule has 4 heterocycles. The number of hydrogen-bond donors (Lipinski definition) is 2. The van der Waals surface area contributed by atoms with Crippen molar-refractivity contribution in [3.05, 3.63) is 43.8 Å². The molecule has 2 aromatic rings. The summed E-state index contributed by atoms with van der Waals surface area (Å²) in [6, 6.07) is 2.82. The van der Waals surface area contributed by atoms with Crippen molar-refractivity contribution in [1.29, 1.82) is 0 Å². The van der Waals surface area contributed by atoms with Crippen molar-refractivity contribution in [2.45, 2.75) is 26.1 Å². The van der Waals surface area contributed by atoms with Crippen molar-refractivity contribution in [3.8, 4) is 11.5 Å². The van der Waals surface area contributed by atoms with E-state index in [1.165, 1.54) is 23.5 Å². The van der Waals surface area contributed by atoms with Crippen LogP contribution >= 0.6 is 11.3 Å². The van der Waals surface area contributed by atoms with Crippen LogP contribution in [0.5, 0.6) is 11.5 Å². The van der Waals surface area contributed by atoms with E-state index in [1.807, 2.05) is 0 Å². The third-order valence-corrected chi connectivity index (χ3v) is 6.54. The average molecular weight is 446 g/mol. The minimum Gasteiger partial charge on any atom is -0.454 e. The zero-order chi connectivity index (χ0) is 21.7. The lowest BCUT2D eigenvalue weighted by Crippen LogP contribution is -2.39. The quantitative estimate of drug-likeness (QED) is 0.543. The van der Waals surface area contributed by atoms with Gasteiger partial charge in [-0.25, -0.2) is 4.79 Å². The highest BCUT2D eigenvalue weighted by Gasteiger charge is 2.37. The Kier molecular flexibility index (Phi) is 4.58. The van der Waals surface area contributed by atoms with E-state index in [-0.39, 0.29) is 30.0 Å². The molecular formula is C19H18N4O7S. The number of nitrogens with one attached hydrogen (secondary N) is 2. The number of nitro benzene ring substituents is 1. The highest BCUT2D eigenvalue weighted by molar-refractivity contribution is 7.16. The van der Waals surface area contributed by atoms with Crippen LogP contribution < -0.4 is 20.1 Å². The highest BCUT2D eigenvalue weighted by atomic mass is 32.1. The molecule has 0 spiro atoms. The van der Waals surface area contributed by atoms with Gasteiger partial charge in [0.1, 0.15) is 11.2 Å². The summed E-state index contributed by atoms with van der Waals surface area (Å²) < 4.78 is 15.7. The van der Waals surface area contributed by atoms with E-state index in [0.717, 1.165) is 10.4 Å². The van der Waals surface area contributed by atoms with E-state index >= 15 is 0 Å². The summed E-state index contributed by atoms with van der Waals surface area (Å²) in [5.41, 5.74) is 1.51. The molecule has 31 heavy (non-hydrogen) atoms. The molecule has 0 aliphatic carbocycles. The number of anilines is 1. The Bertz CT molecular complexity index is 1120. The van der Waals surface area contributed by atoms with E-state index in [9.17, 15) is 19.7 Å². The molecule has 0 fully saturated rings. The van der Waals surface area contributed by atoms with Crippen molar-refractivity contribution >= 4 is 34.0 Å². The fourth-order valence-electron chi connectivity index (χ4n) is 3.98. The second-order valence-electron chi connectivity index (χ2n) is 7.15. The van der Waals surface area contributed by atoms with Gasteiger partial charge in [-0.3, -0.25) is 14.9 Å². The summed E-state index contributed by atoms with van der Waals surface area (Å²) in [4.78, 5) is 38.6. The number of carbonyl (C=O) groups is 2. The standard InChI is InChI=1S/C19H18N4O7S/c1-2-28-19(25)22-4-3-9-14(7-22)31-18-15(9)17(24)20-16(21-18)10-5-12-13(30-8-29-12)6-11(10)23(26)27/h5-6,16,21H,2-4,7-8H2,1H3,(H,20,24). The third-order valence-electron chi connectivity index (χ3n) is 5.39. The molecule has 162 valence electrons. The van der Waals surface area contributed by atoms with Gasteiger partial charge in [-0.2, -0.15) is 0 Å². The van der Waals surface area contributed by atoms with Crippen molar-refractivity contribution in [2.24, 2.45) is 0 Å². The summed E-state index contributed by atoms with van der Waals surface area (Å²) in [5, 5.41) is 18.3. The van der Waals surface area contributed by atoms with Crippen molar-refractivity contribution < 1.29 is 28.7 Å². The first-order chi connectivity index (χ1) is 15.0. The predicted molar refractivity (Wildman–Crippen MR) is 109 cm³/mol. The SMILES string of the molecule is CCOC(=O)N1CCc2c(sc3c2C(=O)NC(c2cc4c(cc2[N+](=O)[O-])OCO4)N3)C1. The maximum atomic E-state index is 13.0. The molecule has 1 atom stereocenters. The Hall–Kier alpha value is -3.54. The van der Waals surface area contributed by atoms with Crippen molar-refractivity contribution in [1.82, 2.24) is 10.2 Å². The molecule has 12 heteroatoms. The molecule has 0 saturated carbocycles. The van der Waals surface area contributed by atoms with E-state index in [2.05, 4.69) is 10.6 Å². The number of hydrogen-bond acceptors (Lipinski definition) is 9.